The van der Waals surface area contributed by atoms with Gasteiger partial charge < -0.3 is 9.94 Å². The molecule has 0 fully saturated rings. The third kappa shape index (κ3) is 3.07. The van der Waals surface area contributed by atoms with Crippen molar-refractivity contribution in [3.8, 4) is 0 Å². The van der Waals surface area contributed by atoms with E-state index in [9.17, 15) is 10.0 Å². The fourth-order valence-electron chi connectivity index (χ4n) is 1.65. The maximum Gasteiger partial charge on any atom is 0.339 e. The van der Waals surface area contributed by atoms with Crippen molar-refractivity contribution in [1.82, 2.24) is 4.98 Å². The molecule has 19 heavy (non-hydrogen) atoms. The molecule has 0 spiro atoms. The first kappa shape index (κ1) is 13.0. The highest BCUT2D eigenvalue weighted by Crippen LogP contribution is 2.12. The van der Waals surface area contributed by atoms with Gasteiger partial charge in [-0.2, -0.15) is 0 Å². The number of ether oxygens (including phenoxy) is 1. The maximum atomic E-state index is 11.9. The maximum absolute atomic E-state index is 11.9. The van der Waals surface area contributed by atoms with Gasteiger partial charge in [-0.15, -0.1) is 0 Å². The summed E-state index contributed by atoms with van der Waals surface area (Å²) in [6.07, 6.45) is 2.80. The molecule has 5 heteroatoms. The minimum atomic E-state index is -0.452. The number of aryl methyl sites for hydroxylation is 2. The summed E-state index contributed by atoms with van der Waals surface area (Å²) in [5.74, 6) is -0.298. The summed E-state index contributed by atoms with van der Waals surface area (Å²) in [5, 5.41) is 11.4. The van der Waals surface area contributed by atoms with Gasteiger partial charge in [0.15, 0.2) is 6.61 Å². The molecule has 2 aromatic rings. The van der Waals surface area contributed by atoms with Crippen LogP contribution in [0.1, 0.15) is 27.3 Å². The average Bonchev–Trinajstić information content (AvgIpc) is 2.40. The van der Waals surface area contributed by atoms with Crippen molar-refractivity contribution < 1.29 is 14.3 Å². The molecule has 0 N–H and O–H groups in total. The van der Waals surface area contributed by atoms with Crippen LogP contribution in [0.25, 0.3) is 0 Å². The molecule has 0 aliphatic heterocycles. The fourth-order valence-corrected chi connectivity index (χ4v) is 1.65. The van der Waals surface area contributed by atoms with E-state index in [-0.39, 0.29) is 12.4 Å². The van der Waals surface area contributed by atoms with E-state index in [0.29, 0.717) is 10.3 Å². The summed E-state index contributed by atoms with van der Waals surface area (Å²) in [7, 11) is 0. The molecular weight excluding hydrogens is 244 g/mol. The molecule has 0 radical (unpaired) electrons. The third-order valence-electron chi connectivity index (χ3n) is 2.73. The lowest BCUT2D eigenvalue weighted by Gasteiger charge is -2.08. The SMILES string of the molecule is Cc1ccc(C)c(C(=O)OCc2nccc[n+]2[O-])c1. The molecule has 0 saturated heterocycles. The lowest BCUT2D eigenvalue weighted by atomic mass is 10.1. The Kier molecular flexibility index (Phi) is 3.75. The van der Waals surface area contributed by atoms with E-state index < -0.39 is 5.97 Å². The van der Waals surface area contributed by atoms with Crippen molar-refractivity contribution in [2.24, 2.45) is 0 Å². The van der Waals surface area contributed by atoms with Crippen molar-refractivity contribution in [2.45, 2.75) is 20.5 Å². The number of rotatable bonds is 3. The van der Waals surface area contributed by atoms with Crippen molar-refractivity contribution in [3.05, 3.63) is 64.4 Å². The molecule has 0 aliphatic carbocycles. The quantitative estimate of drug-likeness (QED) is 0.477. The van der Waals surface area contributed by atoms with Crippen molar-refractivity contribution in [1.29, 1.82) is 0 Å². The fraction of sp³-hybridized carbons (Fsp3) is 0.214. The molecule has 0 saturated carbocycles. The zero-order chi connectivity index (χ0) is 13.8. The lowest BCUT2D eigenvalue weighted by molar-refractivity contribution is -0.620. The zero-order valence-electron chi connectivity index (χ0n) is 10.8. The first-order valence-corrected chi connectivity index (χ1v) is 5.85. The van der Waals surface area contributed by atoms with Crippen LogP contribution in [-0.2, 0) is 11.3 Å². The molecule has 0 unspecified atom stereocenters. The summed E-state index contributed by atoms with van der Waals surface area (Å²) in [6, 6.07) is 7.07. The van der Waals surface area contributed by atoms with E-state index >= 15 is 0 Å². The Bertz CT molecular complexity index is 611. The van der Waals surface area contributed by atoms with Gasteiger partial charge in [0.25, 0.3) is 0 Å². The van der Waals surface area contributed by atoms with Crippen LogP contribution in [0.5, 0.6) is 0 Å². The summed E-state index contributed by atoms with van der Waals surface area (Å²) in [5.41, 5.74) is 2.33. The van der Waals surface area contributed by atoms with Crippen molar-refractivity contribution >= 4 is 5.97 Å². The van der Waals surface area contributed by atoms with E-state index in [2.05, 4.69) is 4.98 Å². The summed E-state index contributed by atoms with van der Waals surface area (Å²) in [6.45, 7) is 3.60. The number of aromatic nitrogens is 2. The molecule has 1 heterocycles. The lowest BCUT2D eigenvalue weighted by Crippen LogP contribution is -2.33. The average molecular weight is 258 g/mol. The Morgan fingerprint density at radius 2 is 2.21 bits per heavy atom. The summed E-state index contributed by atoms with van der Waals surface area (Å²) >= 11 is 0. The molecule has 2 rings (SSSR count). The van der Waals surface area contributed by atoms with Gasteiger partial charge in [-0.1, -0.05) is 17.7 Å². The molecule has 5 nitrogen and oxygen atoms in total. The Morgan fingerprint density at radius 1 is 1.42 bits per heavy atom. The predicted octanol–water partition coefficient (Wildman–Crippen LogP) is 1.69. The molecule has 0 amide bonds. The van der Waals surface area contributed by atoms with E-state index in [1.807, 2.05) is 26.0 Å². The van der Waals surface area contributed by atoms with Gasteiger partial charge in [-0.25, -0.2) is 9.52 Å². The smallest absolute Gasteiger partial charge is 0.339 e. The number of hydrogen-bond acceptors (Lipinski definition) is 4. The van der Waals surface area contributed by atoms with E-state index in [1.165, 1.54) is 18.5 Å². The van der Waals surface area contributed by atoms with E-state index in [0.717, 1.165) is 11.1 Å². The van der Waals surface area contributed by atoms with E-state index in [4.69, 9.17) is 4.74 Å². The molecule has 98 valence electrons. The Morgan fingerprint density at radius 3 is 2.95 bits per heavy atom. The Balaban J connectivity index is 2.10. The van der Waals surface area contributed by atoms with Gasteiger partial charge in [0, 0.05) is 6.07 Å². The molecule has 0 bridgehead atoms. The Hall–Kier alpha value is -2.43. The number of carbonyl (C=O) groups excluding carboxylic acids is 1. The second kappa shape index (κ2) is 5.48. The first-order chi connectivity index (χ1) is 9.08. The molecule has 1 aromatic carbocycles. The van der Waals surface area contributed by atoms with Crippen LogP contribution in [0.3, 0.4) is 0 Å². The van der Waals surface area contributed by atoms with Crippen LogP contribution >= 0.6 is 0 Å². The van der Waals surface area contributed by atoms with Crippen LogP contribution < -0.4 is 4.73 Å². The van der Waals surface area contributed by atoms with Crippen LogP contribution in [0, 0.1) is 19.1 Å². The summed E-state index contributed by atoms with van der Waals surface area (Å²) < 4.78 is 5.69. The van der Waals surface area contributed by atoms with Crippen LogP contribution in [0.2, 0.25) is 0 Å². The zero-order valence-corrected chi connectivity index (χ0v) is 10.8. The topological polar surface area (TPSA) is 66.1 Å². The number of esters is 1. The highest BCUT2D eigenvalue weighted by Gasteiger charge is 2.14. The second-order valence-corrected chi connectivity index (χ2v) is 4.26. The summed E-state index contributed by atoms with van der Waals surface area (Å²) in [4.78, 5) is 15.8. The first-order valence-electron chi connectivity index (χ1n) is 5.85. The van der Waals surface area contributed by atoms with Gasteiger partial charge in [-0.05, 0) is 30.5 Å². The van der Waals surface area contributed by atoms with Gasteiger partial charge in [0.2, 0.25) is 0 Å². The van der Waals surface area contributed by atoms with Crippen LogP contribution in [0.15, 0.2) is 36.7 Å². The number of benzene rings is 1. The van der Waals surface area contributed by atoms with Gasteiger partial charge in [0.05, 0.1) is 11.8 Å². The van der Waals surface area contributed by atoms with Gasteiger partial charge in [-0.3, -0.25) is 0 Å². The van der Waals surface area contributed by atoms with Crippen LogP contribution in [-0.4, -0.2) is 11.0 Å². The highest BCUT2D eigenvalue weighted by molar-refractivity contribution is 5.91. The molecule has 1 aromatic heterocycles. The van der Waals surface area contributed by atoms with E-state index in [1.54, 1.807) is 6.07 Å². The minimum Gasteiger partial charge on any atom is -0.711 e. The number of hydrogen-bond donors (Lipinski definition) is 0. The highest BCUT2D eigenvalue weighted by atomic mass is 16.5. The van der Waals surface area contributed by atoms with Gasteiger partial charge >= 0.3 is 11.8 Å². The molecular formula is C14H14N2O3. The second-order valence-electron chi connectivity index (χ2n) is 4.26. The minimum absolute atomic E-state index is 0.142. The van der Waals surface area contributed by atoms with Crippen LogP contribution in [0.4, 0.5) is 0 Å². The van der Waals surface area contributed by atoms with Crippen molar-refractivity contribution in [3.63, 3.8) is 0 Å². The molecule has 0 aliphatic rings. The van der Waals surface area contributed by atoms with Gasteiger partial charge in [0.1, 0.15) is 6.20 Å². The predicted molar refractivity (Wildman–Crippen MR) is 68.2 cm³/mol. The number of carbonyl (C=O) groups is 1. The monoisotopic (exact) mass is 258 g/mol. The number of nitrogens with zero attached hydrogens (tertiary/aromatic N) is 2. The molecule has 0 atom stereocenters. The van der Waals surface area contributed by atoms with Crippen molar-refractivity contribution in [2.75, 3.05) is 0 Å². The standard InChI is InChI=1S/C14H14N2O3/c1-10-4-5-11(2)12(8-10)14(17)19-9-13-15-6-3-7-16(13)18/h3-8H,9H2,1-2H3. The normalized spacial score (nSPS) is 10.2. The third-order valence-corrected chi connectivity index (χ3v) is 2.73. The largest absolute Gasteiger partial charge is 0.711 e. The Labute approximate surface area is 111 Å².